The SMILES string of the molecule is CC(C)c1ccc(CCNC(=O)N(C)Cc2cccs2)cc1. The van der Waals surface area contributed by atoms with Gasteiger partial charge in [0.1, 0.15) is 0 Å². The molecule has 4 heteroatoms. The fourth-order valence-corrected chi connectivity index (χ4v) is 2.98. The van der Waals surface area contributed by atoms with E-state index < -0.39 is 0 Å². The third kappa shape index (κ3) is 4.88. The molecule has 0 spiro atoms. The Morgan fingerprint density at radius 1 is 1.23 bits per heavy atom. The molecule has 2 aromatic rings. The first-order chi connectivity index (χ1) is 10.6. The number of carbonyl (C=O) groups is 1. The molecule has 0 fully saturated rings. The maximum absolute atomic E-state index is 12.0. The maximum atomic E-state index is 12.0. The molecule has 1 N–H and O–H groups in total. The van der Waals surface area contributed by atoms with Gasteiger partial charge < -0.3 is 10.2 Å². The van der Waals surface area contributed by atoms with E-state index in [0.29, 0.717) is 19.0 Å². The van der Waals surface area contributed by atoms with Crippen LogP contribution in [0, 0.1) is 0 Å². The molecule has 0 radical (unpaired) electrons. The van der Waals surface area contributed by atoms with Crippen molar-refractivity contribution < 1.29 is 4.79 Å². The van der Waals surface area contributed by atoms with Crippen LogP contribution in [0.2, 0.25) is 0 Å². The van der Waals surface area contributed by atoms with Crippen molar-refractivity contribution in [2.24, 2.45) is 0 Å². The molecule has 0 aliphatic heterocycles. The lowest BCUT2D eigenvalue weighted by atomic mass is 10.0. The number of rotatable bonds is 6. The Morgan fingerprint density at radius 2 is 1.95 bits per heavy atom. The smallest absolute Gasteiger partial charge is 0.317 e. The number of urea groups is 1. The average Bonchev–Trinajstić information content (AvgIpc) is 3.00. The average molecular weight is 316 g/mol. The Labute approximate surface area is 137 Å². The van der Waals surface area contributed by atoms with Crippen LogP contribution in [0.5, 0.6) is 0 Å². The van der Waals surface area contributed by atoms with Crippen molar-refractivity contribution in [2.45, 2.75) is 32.7 Å². The second-order valence-electron chi connectivity index (χ2n) is 5.81. The van der Waals surface area contributed by atoms with Crippen LogP contribution in [0.15, 0.2) is 41.8 Å². The fraction of sp³-hybridized carbons (Fsp3) is 0.389. The molecular weight excluding hydrogens is 292 g/mol. The summed E-state index contributed by atoms with van der Waals surface area (Å²) in [4.78, 5) is 14.9. The Hall–Kier alpha value is -1.81. The monoisotopic (exact) mass is 316 g/mol. The molecule has 0 unspecified atom stereocenters. The first kappa shape index (κ1) is 16.6. The molecule has 22 heavy (non-hydrogen) atoms. The maximum Gasteiger partial charge on any atom is 0.317 e. The topological polar surface area (TPSA) is 32.3 Å². The Morgan fingerprint density at radius 3 is 2.55 bits per heavy atom. The summed E-state index contributed by atoms with van der Waals surface area (Å²) in [6.07, 6.45) is 0.858. The van der Waals surface area contributed by atoms with Gasteiger partial charge in [0.25, 0.3) is 0 Å². The van der Waals surface area contributed by atoms with Crippen molar-refractivity contribution in [1.29, 1.82) is 0 Å². The zero-order chi connectivity index (χ0) is 15.9. The van der Waals surface area contributed by atoms with E-state index in [1.54, 1.807) is 16.2 Å². The number of thiophene rings is 1. The van der Waals surface area contributed by atoms with Crippen molar-refractivity contribution in [3.63, 3.8) is 0 Å². The fourth-order valence-electron chi connectivity index (χ4n) is 2.23. The number of hydrogen-bond donors (Lipinski definition) is 1. The first-order valence-electron chi connectivity index (χ1n) is 7.66. The van der Waals surface area contributed by atoms with Gasteiger partial charge in [-0.1, -0.05) is 44.2 Å². The van der Waals surface area contributed by atoms with E-state index in [0.717, 1.165) is 6.42 Å². The van der Waals surface area contributed by atoms with Crippen LogP contribution in [-0.2, 0) is 13.0 Å². The van der Waals surface area contributed by atoms with Crippen molar-refractivity contribution in [3.05, 3.63) is 57.8 Å². The lowest BCUT2D eigenvalue weighted by Crippen LogP contribution is -2.37. The summed E-state index contributed by atoms with van der Waals surface area (Å²) in [6.45, 7) is 5.71. The van der Waals surface area contributed by atoms with E-state index in [-0.39, 0.29) is 6.03 Å². The Kier molecular flexibility index (Phi) is 6.01. The van der Waals surface area contributed by atoms with E-state index in [2.05, 4.69) is 43.4 Å². The molecule has 0 atom stereocenters. The summed E-state index contributed by atoms with van der Waals surface area (Å²) in [5, 5.41) is 5.00. The van der Waals surface area contributed by atoms with Crippen LogP contribution in [0.4, 0.5) is 4.79 Å². The Bertz CT molecular complexity index is 576. The van der Waals surface area contributed by atoms with E-state index >= 15 is 0 Å². The molecule has 1 aromatic heterocycles. The highest BCUT2D eigenvalue weighted by Gasteiger charge is 2.08. The molecule has 0 saturated carbocycles. The summed E-state index contributed by atoms with van der Waals surface area (Å²) in [5.74, 6) is 0.555. The van der Waals surface area contributed by atoms with E-state index in [9.17, 15) is 4.79 Å². The molecule has 118 valence electrons. The van der Waals surface area contributed by atoms with E-state index in [1.165, 1.54) is 16.0 Å². The van der Waals surface area contributed by atoms with E-state index in [4.69, 9.17) is 0 Å². The molecule has 0 bridgehead atoms. The predicted molar refractivity (Wildman–Crippen MR) is 93.4 cm³/mol. The van der Waals surface area contributed by atoms with Gasteiger partial charge in [0.15, 0.2) is 0 Å². The van der Waals surface area contributed by atoms with Gasteiger partial charge in [0.05, 0.1) is 6.54 Å². The summed E-state index contributed by atoms with van der Waals surface area (Å²) >= 11 is 1.67. The number of nitrogens with zero attached hydrogens (tertiary/aromatic N) is 1. The predicted octanol–water partition coefficient (Wildman–Crippen LogP) is 4.26. The van der Waals surface area contributed by atoms with Gasteiger partial charge in [-0.25, -0.2) is 4.79 Å². The molecule has 1 heterocycles. The van der Waals surface area contributed by atoms with Crippen LogP contribution < -0.4 is 5.32 Å². The standard InChI is InChI=1S/C18H24N2OS/c1-14(2)16-8-6-15(7-9-16)10-11-19-18(21)20(3)13-17-5-4-12-22-17/h4-9,12,14H,10-11,13H2,1-3H3,(H,19,21). The summed E-state index contributed by atoms with van der Waals surface area (Å²) in [6, 6.07) is 12.7. The first-order valence-corrected chi connectivity index (χ1v) is 8.54. The van der Waals surface area contributed by atoms with Crippen molar-refractivity contribution in [3.8, 4) is 0 Å². The molecule has 1 aromatic carbocycles. The van der Waals surface area contributed by atoms with Crippen LogP contribution in [0.25, 0.3) is 0 Å². The third-order valence-corrected chi connectivity index (χ3v) is 4.52. The van der Waals surface area contributed by atoms with Gasteiger partial charge in [0, 0.05) is 18.5 Å². The van der Waals surface area contributed by atoms with Gasteiger partial charge in [-0.3, -0.25) is 0 Å². The van der Waals surface area contributed by atoms with Gasteiger partial charge >= 0.3 is 6.03 Å². The van der Waals surface area contributed by atoms with Gasteiger partial charge in [0.2, 0.25) is 0 Å². The summed E-state index contributed by atoms with van der Waals surface area (Å²) < 4.78 is 0. The number of amides is 2. The molecule has 3 nitrogen and oxygen atoms in total. The number of hydrogen-bond acceptors (Lipinski definition) is 2. The van der Waals surface area contributed by atoms with Crippen molar-refractivity contribution >= 4 is 17.4 Å². The van der Waals surface area contributed by atoms with Crippen molar-refractivity contribution in [1.82, 2.24) is 10.2 Å². The van der Waals surface area contributed by atoms with Crippen LogP contribution in [0.3, 0.4) is 0 Å². The summed E-state index contributed by atoms with van der Waals surface area (Å²) in [5.41, 5.74) is 2.61. The van der Waals surface area contributed by atoms with Crippen molar-refractivity contribution in [2.75, 3.05) is 13.6 Å². The molecule has 2 amide bonds. The number of nitrogens with one attached hydrogen (secondary N) is 1. The lowest BCUT2D eigenvalue weighted by Gasteiger charge is -2.17. The highest BCUT2D eigenvalue weighted by molar-refractivity contribution is 7.09. The second-order valence-corrected chi connectivity index (χ2v) is 6.85. The summed E-state index contributed by atoms with van der Waals surface area (Å²) in [7, 11) is 1.83. The molecule has 0 aliphatic carbocycles. The highest BCUT2D eigenvalue weighted by atomic mass is 32.1. The Balaban J connectivity index is 1.74. The third-order valence-electron chi connectivity index (χ3n) is 3.66. The largest absolute Gasteiger partial charge is 0.338 e. The molecule has 0 saturated heterocycles. The zero-order valence-corrected chi connectivity index (χ0v) is 14.3. The number of carbonyl (C=O) groups excluding carboxylic acids is 1. The zero-order valence-electron chi connectivity index (χ0n) is 13.5. The van der Waals surface area contributed by atoms with Crippen LogP contribution in [0.1, 0.15) is 35.8 Å². The number of benzene rings is 1. The molecular formula is C18H24N2OS. The van der Waals surface area contributed by atoms with E-state index in [1.807, 2.05) is 24.6 Å². The van der Waals surface area contributed by atoms with Gasteiger partial charge in [-0.2, -0.15) is 0 Å². The highest BCUT2D eigenvalue weighted by Crippen LogP contribution is 2.15. The lowest BCUT2D eigenvalue weighted by molar-refractivity contribution is 0.207. The van der Waals surface area contributed by atoms with Crippen LogP contribution >= 0.6 is 11.3 Å². The van der Waals surface area contributed by atoms with Crippen LogP contribution in [-0.4, -0.2) is 24.5 Å². The van der Waals surface area contributed by atoms with Gasteiger partial charge in [-0.05, 0) is 34.9 Å². The van der Waals surface area contributed by atoms with Gasteiger partial charge in [-0.15, -0.1) is 11.3 Å². The quantitative estimate of drug-likeness (QED) is 0.848. The minimum atomic E-state index is -0.0211. The minimum absolute atomic E-state index is 0.0211. The molecule has 2 rings (SSSR count). The molecule has 0 aliphatic rings. The normalized spacial score (nSPS) is 10.7. The second kappa shape index (κ2) is 7.99. The minimum Gasteiger partial charge on any atom is -0.338 e.